The molecule has 6 aromatic rings. The number of aromatic nitrogens is 3. The minimum absolute atomic E-state index is 0.235. The summed E-state index contributed by atoms with van der Waals surface area (Å²) in [7, 11) is 0. The van der Waals surface area contributed by atoms with Crippen molar-refractivity contribution >= 4 is 39.2 Å². The van der Waals surface area contributed by atoms with Crippen molar-refractivity contribution in [3.05, 3.63) is 117 Å². The van der Waals surface area contributed by atoms with Crippen LogP contribution in [0.5, 0.6) is 5.75 Å². The number of carbonyl (C=O) groups is 1. The summed E-state index contributed by atoms with van der Waals surface area (Å²) < 4.78 is 36.2. The van der Waals surface area contributed by atoms with Gasteiger partial charge in [0.2, 0.25) is 0 Å². The number of rotatable bonds is 10. The average molecular weight is 737 g/mol. The molecule has 53 heavy (non-hydrogen) atoms. The van der Waals surface area contributed by atoms with Crippen LogP contribution in [0.4, 0.5) is 4.39 Å². The van der Waals surface area contributed by atoms with E-state index in [1.807, 2.05) is 59.2 Å². The van der Waals surface area contributed by atoms with Crippen LogP contribution >= 0.6 is 11.6 Å². The molecule has 274 valence electrons. The number of benzene rings is 4. The van der Waals surface area contributed by atoms with Crippen LogP contribution in [0.3, 0.4) is 0 Å². The molecule has 0 spiro atoms. The van der Waals surface area contributed by atoms with Gasteiger partial charge in [0, 0.05) is 48.1 Å². The van der Waals surface area contributed by atoms with Gasteiger partial charge in [-0.3, -0.25) is 9.58 Å². The maximum atomic E-state index is 13.9. The fourth-order valence-corrected chi connectivity index (χ4v) is 8.18. The second-order valence-electron chi connectivity index (χ2n) is 13.7. The summed E-state index contributed by atoms with van der Waals surface area (Å²) in [5.74, 6) is -0.640. The fraction of sp³-hybridized carbons (Fsp3) is 0.333. The van der Waals surface area contributed by atoms with Crippen LogP contribution in [0.15, 0.2) is 72.8 Å². The Bertz CT molecular complexity index is 2310. The molecule has 2 aliphatic heterocycles. The van der Waals surface area contributed by atoms with Crippen LogP contribution in [0.25, 0.3) is 32.8 Å². The van der Waals surface area contributed by atoms with Crippen LogP contribution in [0.1, 0.15) is 51.9 Å². The number of carboxylic acid groups (broad SMARTS) is 1. The van der Waals surface area contributed by atoms with E-state index in [9.17, 15) is 14.3 Å². The van der Waals surface area contributed by atoms with Gasteiger partial charge in [0.25, 0.3) is 0 Å². The molecule has 11 heteroatoms. The fourth-order valence-electron chi connectivity index (χ4n) is 7.93. The second kappa shape index (κ2) is 15.3. The molecule has 2 aliphatic rings. The number of carboxylic acids is 1. The summed E-state index contributed by atoms with van der Waals surface area (Å²) in [4.78, 5) is 15.8. The van der Waals surface area contributed by atoms with E-state index in [2.05, 4.69) is 16.5 Å². The third-order valence-corrected chi connectivity index (χ3v) is 10.8. The zero-order valence-electron chi connectivity index (χ0n) is 29.7. The zero-order valence-corrected chi connectivity index (χ0v) is 30.5. The molecule has 8 rings (SSSR count). The molecule has 0 radical (unpaired) electrons. The van der Waals surface area contributed by atoms with E-state index in [-0.39, 0.29) is 11.5 Å². The van der Waals surface area contributed by atoms with Gasteiger partial charge in [-0.2, -0.15) is 5.10 Å². The maximum Gasteiger partial charge on any atom is 0.352 e. The lowest BCUT2D eigenvalue weighted by Crippen LogP contribution is -2.38. The average Bonchev–Trinajstić information content (AvgIpc) is 3.66. The van der Waals surface area contributed by atoms with Gasteiger partial charge in [0.1, 0.15) is 17.3 Å². The Labute approximate surface area is 312 Å². The van der Waals surface area contributed by atoms with Gasteiger partial charge in [-0.15, -0.1) is 0 Å². The first-order valence-electron chi connectivity index (χ1n) is 18.3. The van der Waals surface area contributed by atoms with E-state index < -0.39 is 5.97 Å². The van der Waals surface area contributed by atoms with Crippen LogP contribution in [-0.4, -0.2) is 69.8 Å². The Morgan fingerprint density at radius 2 is 1.75 bits per heavy atom. The van der Waals surface area contributed by atoms with E-state index in [1.54, 1.807) is 6.07 Å². The highest BCUT2D eigenvalue weighted by atomic mass is 35.5. The molecule has 4 heterocycles. The third-order valence-electron chi connectivity index (χ3n) is 10.5. The molecule has 1 saturated heterocycles. The molecule has 0 aliphatic carbocycles. The van der Waals surface area contributed by atoms with Crippen LogP contribution in [0, 0.1) is 5.82 Å². The van der Waals surface area contributed by atoms with E-state index in [0.717, 1.165) is 93.7 Å². The Kier molecular flexibility index (Phi) is 10.2. The Balaban J connectivity index is 1.23. The lowest BCUT2D eigenvalue weighted by atomic mass is 9.97. The van der Waals surface area contributed by atoms with Gasteiger partial charge >= 0.3 is 5.97 Å². The van der Waals surface area contributed by atoms with Crippen LogP contribution in [-0.2, 0) is 48.6 Å². The largest absolute Gasteiger partial charge is 0.493 e. The number of ether oxygens (including phenoxy) is 3. The number of hydrogen-bond acceptors (Lipinski definition) is 6. The second-order valence-corrected chi connectivity index (χ2v) is 14.1. The number of nitrogens with zero attached hydrogens (tertiary/aromatic N) is 4. The Morgan fingerprint density at radius 1 is 0.943 bits per heavy atom. The summed E-state index contributed by atoms with van der Waals surface area (Å²) in [6.45, 7) is 8.16. The zero-order chi connectivity index (χ0) is 36.5. The molecular formula is C42H42ClFN4O5. The summed E-state index contributed by atoms with van der Waals surface area (Å²) in [6.07, 6.45) is 1.68. The van der Waals surface area contributed by atoms with E-state index >= 15 is 0 Å². The van der Waals surface area contributed by atoms with Gasteiger partial charge < -0.3 is 23.9 Å². The number of fused-ring (bicyclic) bond motifs is 4. The van der Waals surface area contributed by atoms with E-state index in [1.165, 1.54) is 12.1 Å². The minimum Gasteiger partial charge on any atom is -0.493 e. The highest BCUT2D eigenvalue weighted by Gasteiger charge is 2.30. The predicted octanol–water partition coefficient (Wildman–Crippen LogP) is 8.13. The van der Waals surface area contributed by atoms with Crippen LogP contribution < -0.4 is 4.74 Å². The van der Waals surface area contributed by atoms with Crippen molar-refractivity contribution in [1.82, 2.24) is 19.2 Å². The number of aryl methyl sites for hydroxylation is 2. The van der Waals surface area contributed by atoms with Gasteiger partial charge in [0.15, 0.2) is 0 Å². The first kappa shape index (κ1) is 35.3. The molecule has 0 unspecified atom stereocenters. The summed E-state index contributed by atoms with van der Waals surface area (Å²) >= 11 is 7.22. The van der Waals surface area contributed by atoms with Gasteiger partial charge in [-0.1, -0.05) is 61.0 Å². The number of morpholine rings is 1. The van der Waals surface area contributed by atoms with Crippen molar-refractivity contribution in [2.24, 2.45) is 0 Å². The quantitative estimate of drug-likeness (QED) is 0.142. The lowest BCUT2D eigenvalue weighted by Gasteiger charge is -2.26. The third kappa shape index (κ3) is 6.92. The smallest absolute Gasteiger partial charge is 0.352 e. The van der Waals surface area contributed by atoms with E-state index in [0.29, 0.717) is 62.9 Å². The first-order valence-corrected chi connectivity index (χ1v) is 18.7. The SMILES string of the molecule is CCc1nn(CCN2CCOCC2)c2c1-c1c(Cl)ccc3c(CCCOc4cccc5cc(F)ccc45)c(C(=O)O)n(c13)Cc1ccccc1COC2. The van der Waals surface area contributed by atoms with Gasteiger partial charge in [-0.25, -0.2) is 9.18 Å². The predicted molar refractivity (Wildman–Crippen MR) is 204 cm³/mol. The molecule has 1 N–H and O–H groups in total. The van der Waals surface area contributed by atoms with Crippen molar-refractivity contribution in [2.75, 3.05) is 39.5 Å². The van der Waals surface area contributed by atoms with Crippen LogP contribution in [0.2, 0.25) is 5.02 Å². The Hall–Kier alpha value is -4.74. The highest BCUT2D eigenvalue weighted by Crippen LogP contribution is 2.43. The van der Waals surface area contributed by atoms with Crippen molar-refractivity contribution in [2.45, 2.75) is 52.5 Å². The van der Waals surface area contributed by atoms with Crippen molar-refractivity contribution in [1.29, 1.82) is 0 Å². The molecule has 1 fully saturated rings. The standard InChI is InChI=1S/C42H42ClFN4O5/c1-2-35-39-36(48(45-35)17-16-46-18-21-51-22-19-46)26-52-25-29-8-4-3-7-28(29)24-47-40-33(14-15-34(43)38(39)40)32(41(47)42(49)50)10-6-20-53-37-11-5-9-27-23-30(44)12-13-31(27)37/h3-5,7-9,11-15,23H,2,6,10,16-22,24-26H2,1H3,(H,49,50). The van der Waals surface area contributed by atoms with Crippen molar-refractivity contribution in [3.63, 3.8) is 0 Å². The number of aromatic carboxylic acids is 1. The van der Waals surface area contributed by atoms with Gasteiger partial charge in [0.05, 0.1) is 61.5 Å². The first-order chi connectivity index (χ1) is 25.9. The molecule has 0 amide bonds. The number of halogens is 2. The monoisotopic (exact) mass is 736 g/mol. The van der Waals surface area contributed by atoms with E-state index in [4.69, 9.17) is 30.9 Å². The summed E-state index contributed by atoms with van der Waals surface area (Å²) in [5, 5.41) is 19.1. The number of hydrogen-bond donors (Lipinski definition) is 1. The lowest BCUT2D eigenvalue weighted by molar-refractivity contribution is 0.0354. The summed E-state index contributed by atoms with van der Waals surface area (Å²) in [5.41, 5.74) is 7.25. The molecule has 0 bridgehead atoms. The molecule has 4 aromatic carbocycles. The topological polar surface area (TPSA) is 91.0 Å². The molecule has 0 atom stereocenters. The molecule has 9 nitrogen and oxygen atoms in total. The van der Waals surface area contributed by atoms with Gasteiger partial charge in [-0.05, 0) is 71.7 Å². The van der Waals surface area contributed by atoms with Crippen molar-refractivity contribution in [3.8, 4) is 16.9 Å². The van der Waals surface area contributed by atoms with Crippen molar-refractivity contribution < 1.29 is 28.5 Å². The normalized spacial score (nSPS) is 14.9. The molecule has 0 saturated carbocycles. The maximum absolute atomic E-state index is 13.9. The minimum atomic E-state index is -1.00. The highest BCUT2D eigenvalue weighted by molar-refractivity contribution is 6.35. The molecular weight excluding hydrogens is 695 g/mol. The summed E-state index contributed by atoms with van der Waals surface area (Å²) in [6, 6.07) is 22.1. The Morgan fingerprint density at radius 3 is 2.57 bits per heavy atom. The molecule has 2 aromatic heterocycles.